The zero-order chi connectivity index (χ0) is 15.6. The fourth-order valence-corrected chi connectivity index (χ4v) is 2.73. The van der Waals surface area contributed by atoms with Crippen LogP contribution in [0.4, 0.5) is 0 Å². The molecule has 2 unspecified atom stereocenters. The molecule has 114 valence electrons. The minimum atomic E-state index is -0.436. The summed E-state index contributed by atoms with van der Waals surface area (Å²) in [7, 11) is 0. The van der Waals surface area contributed by atoms with Crippen molar-refractivity contribution in [3.05, 3.63) is 30.1 Å². The van der Waals surface area contributed by atoms with Crippen LogP contribution in [-0.4, -0.2) is 33.8 Å². The monoisotopic (exact) mass is 289 g/mol. The second kappa shape index (κ2) is 6.24. The van der Waals surface area contributed by atoms with Crippen molar-refractivity contribution >= 4 is 11.8 Å². The van der Waals surface area contributed by atoms with Crippen molar-refractivity contribution in [1.29, 1.82) is 0 Å². The molecule has 2 rings (SSSR count). The van der Waals surface area contributed by atoms with Crippen molar-refractivity contribution in [3.63, 3.8) is 0 Å². The number of hydrogen-bond acceptors (Lipinski definition) is 3. The van der Waals surface area contributed by atoms with E-state index in [9.17, 15) is 9.59 Å². The lowest BCUT2D eigenvalue weighted by Gasteiger charge is -2.42. The Hall–Kier alpha value is -1.91. The standard InChI is InChI=1S/C16H23N3O2/c1-10(2)13-16(21)19(9-12-5-7-17-8-6-12)14(11(3)4)15(20)18-13/h5-8,10-11,13-14H,9H2,1-4H3,(H,18,20). The van der Waals surface area contributed by atoms with Gasteiger partial charge in [-0.1, -0.05) is 27.7 Å². The molecule has 0 bridgehead atoms. The van der Waals surface area contributed by atoms with Crippen LogP contribution in [0.5, 0.6) is 0 Å². The van der Waals surface area contributed by atoms with E-state index in [1.165, 1.54) is 0 Å². The Labute approximate surface area is 125 Å². The number of carbonyl (C=O) groups excluding carboxylic acids is 2. The van der Waals surface area contributed by atoms with E-state index in [4.69, 9.17) is 0 Å². The van der Waals surface area contributed by atoms with Gasteiger partial charge in [-0.15, -0.1) is 0 Å². The Morgan fingerprint density at radius 2 is 1.76 bits per heavy atom. The number of hydrogen-bond donors (Lipinski definition) is 1. The molecule has 1 aromatic rings. The summed E-state index contributed by atoms with van der Waals surface area (Å²) < 4.78 is 0. The Kier molecular flexibility index (Phi) is 4.60. The highest BCUT2D eigenvalue weighted by Gasteiger charge is 2.42. The van der Waals surface area contributed by atoms with E-state index in [-0.39, 0.29) is 23.7 Å². The normalized spacial score (nSPS) is 22.9. The number of piperazine rings is 1. The van der Waals surface area contributed by atoms with Crippen LogP contribution in [0.1, 0.15) is 33.3 Å². The molecule has 21 heavy (non-hydrogen) atoms. The minimum absolute atomic E-state index is 0.000104. The van der Waals surface area contributed by atoms with E-state index in [2.05, 4.69) is 10.3 Å². The van der Waals surface area contributed by atoms with Crippen molar-refractivity contribution in [2.45, 2.75) is 46.3 Å². The van der Waals surface area contributed by atoms with Crippen molar-refractivity contribution < 1.29 is 9.59 Å². The SMILES string of the molecule is CC(C)C1NC(=O)C(C(C)C)N(Cc2ccncc2)C1=O. The van der Waals surface area contributed by atoms with Gasteiger partial charge in [0.05, 0.1) is 0 Å². The number of nitrogens with one attached hydrogen (secondary N) is 1. The molecule has 2 heterocycles. The summed E-state index contributed by atoms with van der Waals surface area (Å²) >= 11 is 0. The summed E-state index contributed by atoms with van der Waals surface area (Å²) in [5.74, 6) is 0.0934. The topological polar surface area (TPSA) is 62.3 Å². The maximum Gasteiger partial charge on any atom is 0.246 e. The van der Waals surface area contributed by atoms with Crippen molar-refractivity contribution in [1.82, 2.24) is 15.2 Å². The summed E-state index contributed by atoms with van der Waals surface area (Å²) in [6, 6.07) is 2.90. The molecule has 5 heteroatoms. The van der Waals surface area contributed by atoms with Gasteiger partial charge < -0.3 is 10.2 Å². The number of pyridine rings is 1. The maximum atomic E-state index is 12.7. The van der Waals surface area contributed by atoms with E-state index in [1.54, 1.807) is 17.3 Å². The van der Waals surface area contributed by atoms with Crippen LogP contribution < -0.4 is 5.32 Å². The zero-order valence-electron chi connectivity index (χ0n) is 13.0. The average molecular weight is 289 g/mol. The Morgan fingerprint density at radius 1 is 1.14 bits per heavy atom. The van der Waals surface area contributed by atoms with Crippen LogP contribution in [-0.2, 0) is 16.1 Å². The molecule has 1 N–H and O–H groups in total. The fraction of sp³-hybridized carbons (Fsp3) is 0.562. The van der Waals surface area contributed by atoms with E-state index >= 15 is 0 Å². The second-order valence-electron chi connectivity index (χ2n) is 6.24. The second-order valence-corrected chi connectivity index (χ2v) is 6.24. The van der Waals surface area contributed by atoms with Crippen LogP contribution in [0.2, 0.25) is 0 Å². The maximum absolute atomic E-state index is 12.7. The Morgan fingerprint density at radius 3 is 2.29 bits per heavy atom. The first-order chi connectivity index (χ1) is 9.91. The lowest BCUT2D eigenvalue weighted by molar-refractivity contribution is -0.153. The van der Waals surface area contributed by atoms with Crippen molar-refractivity contribution in [2.24, 2.45) is 11.8 Å². The highest BCUT2D eigenvalue weighted by atomic mass is 16.2. The molecule has 5 nitrogen and oxygen atoms in total. The predicted molar refractivity (Wildman–Crippen MR) is 80.2 cm³/mol. The molecule has 1 aliphatic rings. The highest BCUT2D eigenvalue weighted by molar-refractivity contribution is 5.97. The summed E-state index contributed by atoms with van der Waals surface area (Å²) in [4.78, 5) is 30.8. The molecule has 1 saturated heterocycles. The lowest BCUT2D eigenvalue weighted by atomic mass is 9.92. The highest BCUT2D eigenvalue weighted by Crippen LogP contribution is 2.22. The van der Waals surface area contributed by atoms with Gasteiger partial charge >= 0.3 is 0 Å². The van der Waals surface area contributed by atoms with Gasteiger partial charge in [0.15, 0.2) is 0 Å². The van der Waals surface area contributed by atoms with E-state index in [0.29, 0.717) is 6.54 Å². The summed E-state index contributed by atoms with van der Waals surface area (Å²) in [6.07, 6.45) is 3.41. The third kappa shape index (κ3) is 3.23. The summed E-state index contributed by atoms with van der Waals surface area (Å²) in [6.45, 7) is 8.27. The van der Waals surface area contributed by atoms with Gasteiger partial charge in [0.2, 0.25) is 11.8 Å². The predicted octanol–water partition coefficient (Wildman–Crippen LogP) is 1.59. The molecule has 1 aromatic heterocycles. The number of carbonyl (C=O) groups is 2. The Balaban J connectivity index is 2.30. The molecule has 1 fully saturated rings. The summed E-state index contributed by atoms with van der Waals surface area (Å²) in [5, 5.41) is 2.87. The average Bonchev–Trinajstić information content (AvgIpc) is 2.43. The van der Waals surface area contributed by atoms with Gasteiger partial charge in [0.1, 0.15) is 12.1 Å². The van der Waals surface area contributed by atoms with Crippen LogP contribution in [0.15, 0.2) is 24.5 Å². The molecule has 0 aromatic carbocycles. The van der Waals surface area contributed by atoms with Gasteiger partial charge in [-0.2, -0.15) is 0 Å². The number of aromatic nitrogens is 1. The largest absolute Gasteiger partial charge is 0.342 e. The van der Waals surface area contributed by atoms with Crippen LogP contribution in [0.25, 0.3) is 0 Å². The summed E-state index contributed by atoms with van der Waals surface area (Å²) in [5.41, 5.74) is 0.987. The lowest BCUT2D eigenvalue weighted by Crippen LogP contribution is -2.65. The smallest absolute Gasteiger partial charge is 0.246 e. The zero-order valence-corrected chi connectivity index (χ0v) is 13.0. The third-order valence-corrected chi connectivity index (χ3v) is 3.85. The van der Waals surface area contributed by atoms with E-state index in [1.807, 2.05) is 39.8 Å². The van der Waals surface area contributed by atoms with Gasteiger partial charge in [0.25, 0.3) is 0 Å². The molecule has 1 aliphatic heterocycles. The molecular formula is C16H23N3O2. The first-order valence-corrected chi connectivity index (χ1v) is 7.41. The van der Waals surface area contributed by atoms with Crippen LogP contribution >= 0.6 is 0 Å². The van der Waals surface area contributed by atoms with Crippen LogP contribution in [0.3, 0.4) is 0 Å². The van der Waals surface area contributed by atoms with E-state index in [0.717, 1.165) is 5.56 Å². The molecule has 0 spiro atoms. The first kappa shape index (κ1) is 15.5. The quantitative estimate of drug-likeness (QED) is 0.915. The third-order valence-electron chi connectivity index (χ3n) is 3.85. The minimum Gasteiger partial charge on any atom is -0.342 e. The molecule has 0 saturated carbocycles. The first-order valence-electron chi connectivity index (χ1n) is 7.41. The molecule has 0 radical (unpaired) electrons. The fourth-order valence-electron chi connectivity index (χ4n) is 2.73. The molecule has 2 amide bonds. The Bertz CT molecular complexity index is 514. The van der Waals surface area contributed by atoms with Gasteiger partial charge in [-0.05, 0) is 29.5 Å². The number of nitrogens with zero attached hydrogens (tertiary/aromatic N) is 2. The van der Waals surface area contributed by atoms with Gasteiger partial charge in [-0.25, -0.2) is 0 Å². The molecule has 2 atom stereocenters. The molecule has 0 aliphatic carbocycles. The molecular weight excluding hydrogens is 266 g/mol. The van der Waals surface area contributed by atoms with Gasteiger partial charge in [0, 0.05) is 18.9 Å². The van der Waals surface area contributed by atoms with E-state index < -0.39 is 12.1 Å². The van der Waals surface area contributed by atoms with Crippen LogP contribution in [0, 0.1) is 11.8 Å². The van der Waals surface area contributed by atoms with Crippen molar-refractivity contribution in [2.75, 3.05) is 0 Å². The number of amides is 2. The van der Waals surface area contributed by atoms with Gasteiger partial charge in [-0.3, -0.25) is 14.6 Å². The number of rotatable bonds is 4. The van der Waals surface area contributed by atoms with Crippen molar-refractivity contribution in [3.8, 4) is 0 Å².